The van der Waals surface area contributed by atoms with Crippen LogP contribution in [-0.4, -0.2) is 76.0 Å². The van der Waals surface area contributed by atoms with E-state index in [0.29, 0.717) is 13.1 Å². The van der Waals surface area contributed by atoms with Crippen LogP contribution in [0.4, 0.5) is 0 Å². The second-order valence-corrected chi connectivity index (χ2v) is 6.45. The summed E-state index contributed by atoms with van der Waals surface area (Å²) in [6.07, 6.45) is 0. The maximum absolute atomic E-state index is 11.2. The van der Waals surface area contributed by atoms with Gasteiger partial charge in [-0.2, -0.15) is 0 Å². The fourth-order valence-corrected chi connectivity index (χ4v) is 2.62. The minimum absolute atomic E-state index is 0.194. The van der Waals surface area contributed by atoms with Gasteiger partial charge in [-0.1, -0.05) is 0 Å². The van der Waals surface area contributed by atoms with E-state index in [-0.39, 0.29) is 10.3 Å². The van der Waals surface area contributed by atoms with Gasteiger partial charge in [-0.05, 0) is 0 Å². The SMILES string of the molecule is CC1([N+](=O)[O-])CNCCNCC2(CNCCNC1)COC2. The summed E-state index contributed by atoms with van der Waals surface area (Å²) in [5, 5.41) is 24.4. The average molecular weight is 301 g/mol. The third-order valence-electron chi connectivity index (χ3n) is 4.23. The monoisotopic (exact) mass is 301 g/mol. The van der Waals surface area contributed by atoms with E-state index < -0.39 is 5.54 Å². The van der Waals surface area contributed by atoms with Gasteiger partial charge >= 0.3 is 0 Å². The second-order valence-electron chi connectivity index (χ2n) is 6.45. The number of nitrogens with zero attached hydrogens (tertiary/aromatic N) is 1. The Bertz CT molecular complexity index is 331. The van der Waals surface area contributed by atoms with Crippen molar-refractivity contribution < 1.29 is 9.66 Å². The maximum atomic E-state index is 11.2. The van der Waals surface area contributed by atoms with E-state index in [0.717, 1.165) is 52.5 Å². The van der Waals surface area contributed by atoms with E-state index in [2.05, 4.69) is 21.3 Å². The van der Waals surface area contributed by atoms with Gasteiger partial charge in [-0.15, -0.1) is 0 Å². The molecule has 21 heavy (non-hydrogen) atoms. The minimum Gasteiger partial charge on any atom is -0.380 e. The van der Waals surface area contributed by atoms with Crippen LogP contribution in [0.3, 0.4) is 0 Å². The first-order valence-corrected chi connectivity index (χ1v) is 7.62. The van der Waals surface area contributed by atoms with E-state index in [1.165, 1.54) is 0 Å². The third kappa shape index (κ3) is 4.58. The van der Waals surface area contributed by atoms with Crippen molar-refractivity contribution in [3.05, 3.63) is 10.1 Å². The summed E-state index contributed by atoms with van der Waals surface area (Å²) in [6.45, 7) is 8.93. The molecule has 4 N–H and O–H groups in total. The summed E-state index contributed by atoms with van der Waals surface area (Å²) in [5.41, 5.74) is -0.757. The number of nitro groups is 1. The van der Waals surface area contributed by atoms with E-state index in [9.17, 15) is 10.1 Å². The molecule has 0 aromatic heterocycles. The second kappa shape index (κ2) is 7.46. The van der Waals surface area contributed by atoms with Crippen LogP contribution in [0.1, 0.15) is 6.92 Å². The molecule has 8 nitrogen and oxygen atoms in total. The van der Waals surface area contributed by atoms with Crippen LogP contribution in [0.2, 0.25) is 0 Å². The predicted molar refractivity (Wildman–Crippen MR) is 80.1 cm³/mol. The molecule has 0 bridgehead atoms. The van der Waals surface area contributed by atoms with Crippen LogP contribution in [0.25, 0.3) is 0 Å². The first kappa shape index (κ1) is 16.6. The molecule has 0 atom stereocenters. The number of rotatable bonds is 1. The largest absolute Gasteiger partial charge is 0.380 e. The zero-order valence-electron chi connectivity index (χ0n) is 12.7. The Morgan fingerprint density at radius 2 is 1.33 bits per heavy atom. The van der Waals surface area contributed by atoms with E-state index in [1.807, 2.05) is 0 Å². The highest BCUT2D eigenvalue weighted by atomic mass is 16.6. The maximum Gasteiger partial charge on any atom is 0.243 e. The molecule has 122 valence electrons. The predicted octanol–water partition coefficient (Wildman–Crippen LogP) is -1.59. The van der Waals surface area contributed by atoms with Crippen LogP contribution in [0.5, 0.6) is 0 Å². The van der Waals surface area contributed by atoms with Crippen molar-refractivity contribution in [2.24, 2.45) is 5.41 Å². The molecule has 0 amide bonds. The molecule has 2 heterocycles. The van der Waals surface area contributed by atoms with Crippen molar-refractivity contribution in [1.82, 2.24) is 21.3 Å². The van der Waals surface area contributed by atoms with E-state index >= 15 is 0 Å². The van der Waals surface area contributed by atoms with Gasteiger partial charge in [0.15, 0.2) is 0 Å². The Kier molecular flexibility index (Phi) is 5.88. The molecule has 2 aliphatic rings. The molecule has 2 fully saturated rings. The summed E-state index contributed by atoms with van der Waals surface area (Å²) in [4.78, 5) is 11.0. The Balaban J connectivity index is 1.84. The molecule has 0 aliphatic carbocycles. The average Bonchev–Trinajstić information content (AvgIpc) is 2.41. The third-order valence-corrected chi connectivity index (χ3v) is 4.23. The van der Waals surface area contributed by atoms with Crippen molar-refractivity contribution in [3.8, 4) is 0 Å². The molecule has 2 rings (SSSR count). The number of nitrogens with one attached hydrogen (secondary N) is 4. The fourth-order valence-electron chi connectivity index (χ4n) is 2.62. The molecule has 2 aliphatic heterocycles. The van der Waals surface area contributed by atoms with Crippen molar-refractivity contribution in [2.45, 2.75) is 12.5 Å². The van der Waals surface area contributed by atoms with Crippen molar-refractivity contribution >= 4 is 0 Å². The summed E-state index contributed by atoms with van der Waals surface area (Å²) in [7, 11) is 0. The van der Waals surface area contributed by atoms with Crippen LogP contribution in [0.15, 0.2) is 0 Å². The van der Waals surface area contributed by atoms with E-state index in [4.69, 9.17) is 4.74 Å². The molecule has 0 aromatic carbocycles. The topological polar surface area (TPSA) is 100 Å². The molecular formula is C13H27N5O3. The molecule has 2 saturated heterocycles. The van der Waals surface area contributed by atoms with Gasteiger partial charge in [0.1, 0.15) is 0 Å². The zero-order valence-corrected chi connectivity index (χ0v) is 12.7. The Morgan fingerprint density at radius 1 is 0.905 bits per heavy atom. The first-order valence-electron chi connectivity index (χ1n) is 7.62. The highest BCUT2D eigenvalue weighted by Crippen LogP contribution is 2.25. The highest BCUT2D eigenvalue weighted by Gasteiger charge is 2.38. The van der Waals surface area contributed by atoms with Gasteiger partial charge in [0.2, 0.25) is 5.54 Å². The van der Waals surface area contributed by atoms with Crippen LogP contribution in [-0.2, 0) is 4.74 Å². The summed E-state index contributed by atoms with van der Waals surface area (Å²) in [6, 6.07) is 0. The molecule has 0 saturated carbocycles. The molecule has 0 radical (unpaired) electrons. The standard InChI is InChI=1S/C13H27N5O3/c1-12(18(19)20)6-14-2-4-16-8-13(10-21-11-13)9-17-5-3-15-7-12/h14-17H,2-11H2,1H3. The van der Waals surface area contributed by atoms with Crippen LogP contribution >= 0.6 is 0 Å². The minimum atomic E-state index is -0.965. The fraction of sp³-hybridized carbons (Fsp3) is 1.00. The molecule has 0 unspecified atom stereocenters. The zero-order chi connectivity index (χ0) is 15.2. The van der Waals surface area contributed by atoms with Gasteiger partial charge in [0.05, 0.1) is 26.3 Å². The number of hydrogen-bond acceptors (Lipinski definition) is 7. The lowest BCUT2D eigenvalue weighted by molar-refractivity contribution is -0.560. The Labute approximate surface area is 125 Å². The smallest absolute Gasteiger partial charge is 0.243 e. The summed E-state index contributed by atoms with van der Waals surface area (Å²) in [5.74, 6) is 0. The summed E-state index contributed by atoms with van der Waals surface area (Å²) < 4.78 is 5.35. The van der Waals surface area contributed by atoms with Gasteiger partial charge in [-0.25, -0.2) is 0 Å². The highest BCUT2D eigenvalue weighted by molar-refractivity contribution is 4.90. The van der Waals surface area contributed by atoms with Gasteiger partial charge < -0.3 is 26.0 Å². The Morgan fingerprint density at radius 3 is 1.67 bits per heavy atom. The van der Waals surface area contributed by atoms with E-state index in [1.54, 1.807) is 6.92 Å². The Hall–Kier alpha value is -0.800. The first-order chi connectivity index (χ1) is 10.1. The lowest BCUT2D eigenvalue weighted by Crippen LogP contribution is -2.57. The van der Waals surface area contributed by atoms with Gasteiger partial charge in [0, 0.05) is 56.5 Å². The van der Waals surface area contributed by atoms with Crippen molar-refractivity contribution in [2.75, 3.05) is 65.6 Å². The molecular weight excluding hydrogens is 274 g/mol. The number of hydrogen-bond donors (Lipinski definition) is 4. The number of ether oxygens (including phenoxy) is 1. The molecule has 8 heteroatoms. The lowest BCUT2D eigenvalue weighted by Gasteiger charge is -2.42. The molecule has 1 spiro atoms. The van der Waals surface area contributed by atoms with Crippen LogP contribution in [0, 0.1) is 15.5 Å². The lowest BCUT2D eigenvalue weighted by atomic mass is 9.85. The van der Waals surface area contributed by atoms with Crippen molar-refractivity contribution in [3.63, 3.8) is 0 Å². The van der Waals surface area contributed by atoms with Gasteiger partial charge in [-0.3, -0.25) is 10.1 Å². The van der Waals surface area contributed by atoms with Crippen molar-refractivity contribution in [1.29, 1.82) is 0 Å². The van der Waals surface area contributed by atoms with Gasteiger partial charge in [0.25, 0.3) is 0 Å². The van der Waals surface area contributed by atoms with Crippen LogP contribution < -0.4 is 21.3 Å². The quantitative estimate of drug-likeness (QED) is 0.342. The molecule has 0 aromatic rings. The summed E-state index contributed by atoms with van der Waals surface area (Å²) >= 11 is 0. The normalized spacial score (nSPS) is 27.5.